The number of aromatic amines is 1. The first kappa shape index (κ1) is 12.1. The van der Waals surface area contributed by atoms with Crippen LogP contribution in [0.1, 0.15) is 24.5 Å². The third-order valence-corrected chi connectivity index (χ3v) is 2.84. The second-order valence-corrected chi connectivity index (χ2v) is 4.40. The second-order valence-electron chi connectivity index (χ2n) is 3.62. The number of nitrogens with zero attached hydrogens (tertiary/aromatic N) is 1. The average molecular weight is 271 g/mol. The predicted octanol–water partition coefficient (Wildman–Crippen LogP) is 3.83. The van der Waals surface area contributed by atoms with Crippen LogP contribution in [0, 0.1) is 11.8 Å². The number of hydrogen-bond donors (Lipinski definition) is 1. The van der Waals surface area contributed by atoms with Gasteiger partial charge in [0.15, 0.2) is 6.10 Å². The summed E-state index contributed by atoms with van der Waals surface area (Å²) in [5.41, 5.74) is 0.958. The van der Waals surface area contributed by atoms with E-state index >= 15 is 0 Å². The maximum atomic E-state index is 5.93. The largest absolute Gasteiger partial charge is 0.481 e. The van der Waals surface area contributed by atoms with Crippen molar-refractivity contribution in [2.75, 3.05) is 0 Å². The van der Waals surface area contributed by atoms with Crippen molar-refractivity contribution in [3.8, 4) is 5.75 Å². The number of H-pyrrole nitrogens is 1. The molecular weight excluding hydrogens is 260 g/mol. The number of benzene rings is 1. The zero-order chi connectivity index (χ0) is 12.4. The Kier molecular flexibility index (Phi) is 3.49. The summed E-state index contributed by atoms with van der Waals surface area (Å²) in [6, 6.07) is 5.45. The molecule has 6 heteroatoms. The Morgan fingerprint density at radius 3 is 2.88 bits per heavy atom. The molecule has 0 amide bonds. The summed E-state index contributed by atoms with van der Waals surface area (Å²) < 4.78 is 10.8. The number of aryl methyl sites for hydroxylation is 1. The van der Waals surface area contributed by atoms with Crippen LogP contribution in [0.15, 0.2) is 22.6 Å². The van der Waals surface area contributed by atoms with Gasteiger partial charge in [0.25, 0.3) is 10.7 Å². The molecule has 0 aliphatic rings. The molecule has 17 heavy (non-hydrogen) atoms. The summed E-state index contributed by atoms with van der Waals surface area (Å²) >= 11 is 10.7. The Morgan fingerprint density at radius 1 is 1.53 bits per heavy atom. The summed E-state index contributed by atoms with van der Waals surface area (Å²) in [5, 5.41) is 7.17. The highest BCUT2D eigenvalue weighted by molar-refractivity contribution is 7.71. The normalized spacial score (nSPS) is 12.4. The van der Waals surface area contributed by atoms with Gasteiger partial charge < -0.3 is 9.15 Å². The molecule has 0 spiro atoms. The van der Waals surface area contributed by atoms with E-state index < -0.39 is 0 Å². The highest BCUT2D eigenvalue weighted by Gasteiger charge is 2.13. The van der Waals surface area contributed by atoms with Gasteiger partial charge in [0.05, 0.1) is 0 Å². The molecule has 1 N–H and O–H groups in total. The van der Waals surface area contributed by atoms with E-state index in [2.05, 4.69) is 10.2 Å². The Labute approximate surface area is 109 Å². The minimum atomic E-state index is -0.316. The molecule has 0 bridgehead atoms. The highest BCUT2D eigenvalue weighted by Crippen LogP contribution is 2.25. The number of aromatic nitrogens is 2. The number of hydrogen-bond acceptors (Lipinski definition) is 4. The minimum absolute atomic E-state index is 0.239. The minimum Gasteiger partial charge on any atom is -0.481 e. The van der Waals surface area contributed by atoms with Crippen molar-refractivity contribution in [1.29, 1.82) is 0 Å². The van der Waals surface area contributed by atoms with Crippen LogP contribution in [0.5, 0.6) is 5.75 Å². The molecule has 0 fully saturated rings. The monoisotopic (exact) mass is 270 g/mol. The number of halogens is 1. The Hall–Kier alpha value is -1.33. The van der Waals surface area contributed by atoms with Crippen molar-refractivity contribution in [2.45, 2.75) is 20.0 Å². The Bertz CT molecular complexity index is 579. The van der Waals surface area contributed by atoms with Gasteiger partial charge in [-0.2, -0.15) is 0 Å². The Morgan fingerprint density at radius 2 is 2.29 bits per heavy atom. The van der Waals surface area contributed by atoms with Gasteiger partial charge in [-0.1, -0.05) is 11.6 Å². The molecule has 0 saturated carbocycles. The molecule has 1 atom stereocenters. The lowest BCUT2D eigenvalue weighted by molar-refractivity contribution is 0.187. The van der Waals surface area contributed by atoms with Crippen LogP contribution < -0.4 is 4.74 Å². The molecule has 0 aliphatic carbocycles. The molecule has 1 unspecified atom stereocenters. The average Bonchev–Trinajstić information content (AvgIpc) is 2.70. The van der Waals surface area contributed by atoms with Gasteiger partial charge in [-0.25, -0.2) is 5.10 Å². The molecule has 0 radical (unpaired) electrons. The van der Waals surface area contributed by atoms with Gasteiger partial charge in [-0.05, 0) is 49.8 Å². The van der Waals surface area contributed by atoms with Crippen molar-refractivity contribution in [3.63, 3.8) is 0 Å². The second kappa shape index (κ2) is 4.89. The van der Waals surface area contributed by atoms with Gasteiger partial charge in [-0.15, -0.1) is 5.10 Å². The molecule has 0 aliphatic heterocycles. The van der Waals surface area contributed by atoms with Gasteiger partial charge >= 0.3 is 0 Å². The number of ether oxygens (including phenoxy) is 1. The topological polar surface area (TPSA) is 51.0 Å². The maximum Gasteiger partial charge on any atom is 0.284 e. The predicted molar refractivity (Wildman–Crippen MR) is 66.9 cm³/mol. The van der Waals surface area contributed by atoms with E-state index in [1.807, 2.05) is 19.9 Å². The Balaban J connectivity index is 2.15. The van der Waals surface area contributed by atoms with Crippen molar-refractivity contribution in [3.05, 3.63) is 39.5 Å². The SMILES string of the molecule is Cc1cc(OC(C)c2n[nH]c(=S)o2)ccc1Cl. The first-order chi connectivity index (χ1) is 8.06. The summed E-state index contributed by atoms with van der Waals surface area (Å²) in [6.45, 7) is 3.75. The molecule has 1 heterocycles. The molecule has 90 valence electrons. The zero-order valence-corrected chi connectivity index (χ0v) is 10.9. The first-order valence-electron chi connectivity index (χ1n) is 5.04. The van der Waals surface area contributed by atoms with E-state index in [9.17, 15) is 0 Å². The maximum absolute atomic E-state index is 5.93. The summed E-state index contributed by atoms with van der Waals surface area (Å²) in [5.74, 6) is 1.13. The van der Waals surface area contributed by atoms with Crippen LogP contribution >= 0.6 is 23.8 Å². The van der Waals surface area contributed by atoms with E-state index in [0.717, 1.165) is 5.56 Å². The summed E-state index contributed by atoms with van der Waals surface area (Å²) in [4.78, 5) is 0.239. The fourth-order valence-electron chi connectivity index (χ4n) is 1.36. The van der Waals surface area contributed by atoms with Crippen molar-refractivity contribution < 1.29 is 9.15 Å². The smallest absolute Gasteiger partial charge is 0.284 e. The van der Waals surface area contributed by atoms with Gasteiger partial charge in [0.2, 0.25) is 0 Å². The van der Waals surface area contributed by atoms with E-state index in [0.29, 0.717) is 16.7 Å². The molecule has 1 aromatic heterocycles. The van der Waals surface area contributed by atoms with Crippen molar-refractivity contribution >= 4 is 23.8 Å². The highest BCUT2D eigenvalue weighted by atomic mass is 35.5. The lowest BCUT2D eigenvalue weighted by atomic mass is 10.2. The molecule has 2 rings (SSSR count). The standard InChI is InChI=1S/C11H11ClN2O2S/c1-6-5-8(3-4-9(6)12)15-7(2)10-13-14-11(17)16-10/h3-5,7H,1-2H3,(H,14,17). The van der Waals surface area contributed by atoms with Gasteiger partial charge in [-0.3, -0.25) is 0 Å². The summed E-state index contributed by atoms with van der Waals surface area (Å²) in [7, 11) is 0. The van der Waals surface area contributed by atoms with E-state index in [1.54, 1.807) is 12.1 Å². The van der Waals surface area contributed by atoms with Crippen LogP contribution in [0.3, 0.4) is 0 Å². The molecular formula is C11H11ClN2O2S. The van der Waals surface area contributed by atoms with Gasteiger partial charge in [0.1, 0.15) is 5.75 Å². The van der Waals surface area contributed by atoms with E-state index in [4.69, 9.17) is 33.0 Å². The molecule has 2 aromatic rings. The van der Waals surface area contributed by atoms with Crippen LogP contribution in [0.2, 0.25) is 5.02 Å². The van der Waals surface area contributed by atoms with Crippen LogP contribution in [-0.4, -0.2) is 10.2 Å². The summed E-state index contributed by atoms with van der Waals surface area (Å²) in [6.07, 6.45) is -0.316. The molecule has 4 nitrogen and oxygen atoms in total. The first-order valence-corrected chi connectivity index (χ1v) is 5.83. The lowest BCUT2D eigenvalue weighted by Crippen LogP contribution is -2.03. The van der Waals surface area contributed by atoms with E-state index in [-0.39, 0.29) is 10.9 Å². The fourth-order valence-corrected chi connectivity index (χ4v) is 1.61. The van der Waals surface area contributed by atoms with E-state index in [1.165, 1.54) is 0 Å². The third kappa shape index (κ3) is 2.87. The zero-order valence-electron chi connectivity index (χ0n) is 9.36. The molecule has 1 aromatic carbocycles. The number of rotatable bonds is 3. The van der Waals surface area contributed by atoms with Crippen LogP contribution in [-0.2, 0) is 0 Å². The fraction of sp³-hybridized carbons (Fsp3) is 0.273. The van der Waals surface area contributed by atoms with Gasteiger partial charge in [0, 0.05) is 5.02 Å². The quantitative estimate of drug-likeness (QED) is 0.861. The lowest BCUT2D eigenvalue weighted by Gasteiger charge is -2.11. The molecule has 0 saturated heterocycles. The van der Waals surface area contributed by atoms with Crippen LogP contribution in [0.25, 0.3) is 0 Å². The third-order valence-electron chi connectivity index (χ3n) is 2.24. The van der Waals surface area contributed by atoms with Crippen molar-refractivity contribution in [2.24, 2.45) is 0 Å². The number of nitrogens with one attached hydrogen (secondary N) is 1. The van der Waals surface area contributed by atoms with Crippen molar-refractivity contribution in [1.82, 2.24) is 10.2 Å². The van der Waals surface area contributed by atoms with Crippen LogP contribution in [0.4, 0.5) is 0 Å².